The quantitative estimate of drug-likeness (QED) is 0.381. The number of hydrogen-bond donors (Lipinski definition) is 0. The van der Waals surface area contributed by atoms with E-state index < -0.39 is 10.0 Å². The third-order valence-electron chi connectivity index (χ3n) is 6.61. The number of hydrogen-bond acceptors (Lipinski definition) is 5. The summed E-state index contributed by atoms with van der Waals surface area (Å²) in [6.07, 6.45) is 4.23. The molecule has 0 radical (unpaired) electrons. The summed E-state index contributed by atoms with van der Waals surface area (Å²) < 4.78 is 36.4. The number of imidazole rings is 1. The molecule has 0 amide bonds. The molecular weight excluding hydrogens is 490 g/mol. The molecule has 1 aromatic heterocycles. The summed E-state index contributed by atoms with van der Waals surface area (Å²) in [5.41, 5.74) is 2.77. The van der Waals surface area contributed by atoms with Crippen LogP contribution in [0, 0.1) is 5.92 Å². The van der Waals surface area contributed by atoms with Gasteiger partial charge in [0.15, 0.2) is 5.16 Å². The highest BCUT2D eigenvalue weighted by atomic mass is 35.5. The number of aromatic nitrogens is 2. The van der Waals surface area contributed by atoms with Crippen LogP contribution in [0.25, 0.3) is 11.0 Å². The number of piperidine rings is 1. The van der Waals surface area contributed by atoms with Gasteiger partial charge in [-0.15, -0.1) is 0 Å². The van der Waals surface area contributed by atoms with Gasteiger partial charge in [0, 0.05) is 30.5 Å². The highest BCUT2D eigenvalue weighted by Gasteiger charge is 2.29. The SMILES string of the molecule is C[C@H]1CCCN(S(=O)(=O)c2ccc3c(c2)nc(SCc2cccc(Cl)c2)n3C[C@@H]2CCCO2)C1. The minimum absolute atomic E-state index is 0.154. The largest absolute Gasteiger partial charge is 0.376 e. The van der Waals surface area contributed by atoms with E-state index in [1.165, 1.54) is 0 Å². The first-order valence-corrected chi connectivity index (χ1v) is 14.7. The zero-order chi connectivity index (χ0) is 23.7. The average Bonchev–Trinajstić information content (AvgIpc) is 3.46. The molecule has 0 N–H and O–H groups in total. The number of sulfonamides is 1. The molecule has 0 aliphatic carbocycles. The minimum atomic E-state index is -3.53. The van der Waals surface area contributed by atoms with Crippen molar-refractivity contribution < 1.29 is 13.2 Å². The molecule has 9 heteroatoms. The van der Waals surface area contributed by atoms with Crippen LogP contribution in [0.4, 0.5) is 0 Å². The third-order valence-corrected chi connectivity index (χ3v) is 9.75. The normalized spacial score (nSPS) is 21.9. The Bertz CT molecular complexity index is 1270. The Morgan fingerprint density at radius 3 is 2.82 bits per heavy atom. The first-order chi connectivity index (χ1) is 16.4. The van der Waals surface area contributed by atoms with Crippen molar-refractivity contribution in [2.75, 3.05) is 19.7 Å². The van der Waals surface area contributed by atoms with Crippen LogP contribution >= 0.6 is 23.4 Å². The van der Waals surface area contributed by atoms with E-state index in [1.54, 1.807) is 28.2 Å². The molecule has 6 nitrogen and oxygen atoms in total. The lowest BCUT2D eigenvalue weighted by Gasteiger charge is -2.30. The molecule has 0 unspecified atom stereocenters. The van der Waals surface area contributed by atoms with Gasteiger partial charge >= 0.3 is 0 Å². The molecule has 2 saturated heterocycles. The van der Waals surface area contributed by atoms with Gasteiger partial charge < -0.3 is 9.30 Å². The zero-order valence-electron chi connectivity index (χ0n) is 19.3. The number of fused-ring (bicyclic) bond motifs is 1. The molecule has 5 rings (SSSR count). The number of halogens is 1. The van der Waals surface area contributed by atoms with Gasteiger partial charge in [0.05, 0.1) is 28.6 Å². The fourth-order valence-corrected chi connectivity index (χ4v) is 7.61. The summed E-state index contributed by atoms with van der Waals surface area (Å²) >= 11 is 7.80. The smallest absolute Gasteiger partial charge is 0.243 e. The Labute approximate surface area is 210 Å². The number of nitrogens with zero attached hydrogens (tertiary/aromatic N) is 3. The summed E-state index contributed by atoms with van der Waals surface area (Å²) in [7, 11) is -3.53. The van der Waals surface area contributed by atoms with Crippen molar-refractivity contribution in [1.29, 1.82) is 0 Å². The summed E-state index contributed by atoms with van der Waals surface area (Å²) in [6.45, 7) is 4.78. The Balaban J connectivity index is 1.47. The van der Waals surface area contributed by atoms with Crippen LogP contribution < -0.4 is 0 Å². The predicted octanol–water partition coefficient (Wildman–Crippen LogP) is 5.58. The van der Waals surface area contributed by atoms with Crippen LogP contribution in [-0.4, -0.2) is 48.1 Å². The third kappa shape index (κ3) is 5.16. The maximum Gasteiger partial charge on any atom is 0.243 e. The van der Waals surface area contributed by atoms with Gasteiger partial charge in [0.1, 0.15) is 0 Å². The lowest BCUT2D eigenvalue weighted by molar-refractivity contribution is 0.0960. The maximum absolute atomic E-state index is 13.3. The Hall–Kier alpha value is -1.58. The molecule has 34 heavy (non-hydrogen) atoms. The van der Waals surface area contributed by atoms with E-state index in [0.717, 1.165) is 54.3 Å². The molecule has 0 spiro atoms. The Kier molecular flexibility index (Phi) is 7.23. The highest BCUT2D eigenvalue weighted by Crippen LogP contribution is 2.32. The van der Waals surface area contributed by atoms with Crippen LogP contribution in [-0.2, 0) is 27.1 Å². The molecule has 2 aliphatic heterocycles. The van der Waals surface area contributed by atoms with Crippen LogP contribution in [0.3, 0.4) is 0 Å². The number of rotatable bonds is 7. The lowest BCUT2D eigenvalue weighted by atomic mass is 10.0. The van der Waals surface area contributed by atoms with Crippen LogP contribution in [0.5, 0.6) is 0 Å². The minimum Gasteiger partial charge on any atom is -0.376 e. The molecule has 2 fully saturated rings. The van der Waals surface area contributed by atoms with Crippen molar-refractivity contribution in [2.45, 2.75) is 61.1 Å². The van der Waals surface area contributed by atoms with E-state index in [-0.39, 0.29) is 6.10 Å². The second-order valence-corrected chi connectivity index (χ2v) is 12.6. The number of benzene rings is 2. The highest BCUT2D eigenvalue weighted by molar-refractivity contribution is 7.98. The predicted molar refractivity (Wildman–Crippen MR) is 137 cm³/mol. The van der Waals surface area contributed by atoms with E-state index in [1.807, 2.05) is 24.3 Å². The lowest BCUT2D eigenvalue weighted by Crippen LogP contribution is -2.39. The van der Waals surface area contributed by atoms with Crippen molar-refractivity contribution in [3.05, 3.63) is 53.1 Å². The van der Waals surface area contributed by atoms with Crippen LogP contribution in [0.2, 0.25) is 5.02 Å². The van der Waals surface area contributed by atoms with Crippen LogP contribution in [0.1, 0.15) is 38.2 Å². The van der Waals surface area contributed by atoms with Gasteiger partial charge in [-0.25, -0.2) is 13.4 Å². The summed E-state index contributed by atoms with van der Waals surface area (Å²) in [5, 5.41) is 1.58. The van der Waals surface area contributed by atoms with Crippen molar-refractivity contribution in [3.8, 4) is 0 Å². The van der Waals surface area contributed by atoms with E-state index in [4.69, 9.17) is 21.3 Å². The molecule has 2 aliphatic rings. The molecule has 3 aromatic rings. The first-order valence-electron chi connectivity index (χ1n) is 11.9. The first kappa shape index (κ1) is 24.1. The monoisotopic (exact) mass is 519 g/mol. The summed E-state index contributed by atoms with van der Waals surface area (Å²) in [6, 6.07) is 13.2. The second-order valence-electron chi connectivity index (χ2n) is 9.32. The van der Waals surface area contributed by atoms with Crippen molar-refractivity contribution in [2.24, 2.45) is 5.92 Å². The molecule has 0 bridgehead atoms. The topological polar surface area (TPSA) is 64.4 Å². The molecule has 2 atom stereocenters. The maximum atomic E-state index is 13.3. The van der Waals surface area contributed by atoms with Gasteiger partial charge in [-0.1, -0.05) is 42.4 Å². The fraction of sp³-hybridized carbons (Fsp3) is 0.480. The van der Waals surface area contributed by atoms with Gasteiger partial charge in [-0.3, -0.25) is 0 Å². The van der Waals surface area contributed by atoms with Gasteiger partial charge in [0.25, 0.3) is 0 Å². The van der Waals surface area contributed by atoms with E-state index >= 15 is 0 Å². The summed E-state index contributed by atoms with van der Waals surface area (Å²) in [4.78, 5) is 5.20. The van der Waals surface area contributed by atoms with Gasteiger partial charge in [-0.05, 0) is 67.5 Å². The zero-order valence-corrected chi connectivity index (χ0v) is 21.7. The fourth-order valence-electron chi connectivity index (χ4n) is 4.81. The second kappa shape index (κ2) is 10.2. The average molecular weight is 520 g/mol. The van der Waals surface area contributed by atoms with Gasteiger partial charge in [-0.2, -0.15) is 4.31 Å². The standard InChI is InChI=1S/C25H30ClN3O3S2/c1-18-5-3-11-28(15-18)34(30,31)22-9-10-24-23(14-22)27-25(29(24)16-21-8-4-12-32-21)33-17-19-6-2-7-20(26)13-19/h2,6-7,9-10,13-14,18,21H,3-5,8,11-12,15-17H2,1H3/t18-,21-/m0/s1. The molecule has 182 valence electrons. The van der Waals surface area contributed by atoms with E-state index in [2.05, 4.69) is 17.6 Å². The Morgan fingerprint density at radius 1 is 1.18 bits per heavy atom. The molecule has 3 heterocycles. The summed E-state index contributed by atoms with van der Waals surface area (Å²) in [5.74, 6) is 1.11. The number of ether oxygens (including phenoxy) is 1. The van der Waals surface area contributed by atoms with E-state index in [0.29, 0.717) is 41.0 Å². The van der Waals surface area contributed by atoms with Gasteiger partial charge in [0.2, 0.25) is 10.0 Å². The Morgan fingerprint density at radius 2 is 2.06 bits per heavy atom. The molecule has 2 aromatic carbocycles. The van der Waals surface area contributed by atoms with E-state index in [9.17, 15) is 8.42 Å². The van der Waals surface area contributed by atoms with Crippen molar-refractivity contribution >= 4 is 44.4 Å². The molecule has 0 saturated carbocycles. The molecular formula is C25H30ClN3O3S2. The van der Waals surface area contributed by atoms with Crippen LogP contribution in [0.15, 0.2) is 52.5 Å². The van der Waals surface area contributed by atoms with Crippen molar-refractivity contribution in [3.63, 3.8) is 0 Å². The van der Waals surface area contributed by atoms with Crippen molar-refractivity contribution in [1.82, 2.24) is 13.9 Å². The number of thioether (sulfide) groups is 1.